The van der Waals surface area contributed by atoms with E-state index in [1.807, 2.05) is 32.6 Å². The number of benzene rings is 2. The summed E-state index contributed by atoms with van der Waals surface area (Å²) < 4.78 is 7.92. The summed E-state index contributed by atoms with van der Waals surface area (Å²) in [6, 6.07) is 16.9. The van der Waals surface area contributed by atoms with Crippen molar-refractivity contribution in [2.75, 3.05) is 33.9 Å². The number of fused-ring (bicyclic) bond motifs is 1. The molecule has 7 heteroatoms. The van der Waals surface area contributed by atoms with Crippen molar-refractivity contribution in [3.8, 4) is 0 Å². The Labute approximate surface area is 201 Å². The lowest BCUT2D eigenvalue weighted by molar-refractivity contribution is 0.115. The number of imidazole rings is 1. The van der Waals surface area contributed by atoms with E-state index in [4.69, 9.17) is 4.74 Å². The first-order valence-corrected chi connectivity index (χ1v) is 10.7. The molecule has 3 aromatic rings. The zero-order chi connectivity index (χ0) is 20.8. The minimum Gasteiger partial charge on any atom is -0.379 e. The van der Waals surface area contributed by atoms with Crippen molar-refractivity contribution in [1.29, 1.82) is 0 Å². The van der Waals surface area contributed by atoms with Crippen LogP contribution in [0.3, 0.4) is 0 Å². The second kappa shape index (κ2) is 11.5. The van der Waals surface area contributed by atoms with Crippen molar-refractivity contribution < 1.29 is 4.74 Å². The molecule has 0 amide bonds. The highest BCUT2D eigenvalue weighted by atomic mass is 127. The largest absolute Gasteiger partial charge is 0.379 e. The molecule has 1 saturated carbocycles. The molecule has 166 valence electrons. The predicted molar refractivity (Wildman–Crippen MR) is 137 cm³/mol. The summed E-state index contributed by atoms with van der Waals surface area (Å²) in [7, 11) is 3.87. The lowest BCUT2D eigenvalue weighted by atomic mass is 10.1. The molecule has 31 heavy (non-hydrogen) atoms. The van der Waals surface area contributed by atoms with Crippen LogP contribution in [0.4, 0.5) is 0 Å². The van der Waals surface area contributed by atoms with Crippen molar-refractivity contribution in [3.05, 3.63) is 66.0 Å². The second-order valence-electron chi connectivity index (χ2n) is 8.02. The molecular formula is C24H32IN5O. The molecule has 1 aliphatic carbocycles. The van der Waals surface area contributed by atoms with Crippen LogP contribution in [0.5, 0.6) is 0 Å². The molecule has 0 radical (unpaired) electrons. The Kier molecular flexibility index (Phi) is 8.71. The van der Waals surface area contributed by atoms with Crippen LogP contribution in [0.25, 0.3) is 11.0 Å². The fourth-order valence-corrected chi connectivity index (χ4v) is 3.50. The quantitative estimate of drug-likeness (QED) is 0.195. The zero-order valence-corrected chi connectivity index (χ0v) is 20.7. The molecule has 0 unspecified atom stereocenters. The van der Waals surface area contributed by atoms with Gasteiger partial charge in [0, 0.05) is 40.3 Å². The van der Waals surface area contributed by atoms with Crippen molar-refractivity contribution in [2.24, 2.45) is 10.9 Å². The third-order valence-corrected chi connectivity index (χ3v) is 5.55. The van der Waals surface area contributed by atoms with Crippen LogP contribution in [-0.2, 0) is 17.8 Å². The molecule has 0 spiro atoms. The van der Waals surface area contributed by atoms with E-state index in [1.54, 1.807) is 0 Å². The molecule has 6 nitrogen and oxygen atoms in total. The minimum absolute atomic E-state index is 0. The third-order valence-electron chi connectivity index (χ3n) is 5.55. The van der Waals surface area contributed by atoms with E-state index >= 15 is 0 Å². The van der Waals surface area contributed by atoms with Gasteiger partial charge in [-0.15, -0.1) is 24.0 Å². The Morgan fingerprint density at radius 2 is 1.90 bits per heavy atom. The zero-order valence-electron chi connectivity index (χ0n) is 18.3. The molecular weight excluding hydrogens is 501 g/mol. The van der Waals surface area contributed by atoms with Gasteiger partial charge >= 0.3 is 0 Å². The summed E-state index contributed by atoms with van der Waals surface area (Å²) >= 11 is 0. The number of guanidine groups is 1. The average molecular weight is 533 g/mol. The van der Waals surface area contributed by atoms with Crippen molar-refractivity contribution in [3.63, 3.8) is 0 Å². The van der Waals surface area contributed by atoms with Gasteiger partial charge in [-0.05, 0) is 42.0 Å². The number of nitrogens with zero attached hydrogens (tertiary/aromatic N) is 4. The molecule has 1 aromatic heterocycles. The van der Waals surface area contributed by atoms with E-state index in [0.29, 0.717) is 0 Å². The number of likely N-dealkylation sites (N-methyl/N-ethyl adjacent to an activating group) is 1. The van der Waals surface area contributed by atoms with E-state index in [0.717, 1.165) is 55.8 Å². The summed E-state index contributed by atoms with van der Waals surface area (Å²) in [5, 5.41) is 3.44. The second-order valence-corrected chi connectivity index (χ2v) is 8.02. The maximum Gasteiger partial charge on any atom is 0.193 e. The molecule has 0 saturated heterocycles. The maximum absolute atomic E-state index is 5.74. The van der Waals surface area contributed by atoms with Crippen LogP contribution in [-0.4, -0.2) is 54.3 Å². The van der Waals surface area contributed by atoms with Crippen molar-refractivity contribution >= 4 is 41.0 Å². The number of hydrogen-bond donors (Lipinski definition) is 1. The number of nitrogens with one attached hydrogen (secondary N) is 1. The SMILES string of the molecule is CN=C(NCc1ccc(Cn2cnc3ccccc32)cc1)N(C)CCOCC1CC1.I. The summed E-state index contributed by atoms with van der Waals surface area (Å²) in [6.07, 6.45) is 4.57. The molecule has 1 aliphatic rings. The Morgan fingerprint density at radius 3 is 2.65 bits per heavy atom. The first kappa shape index (κ1) is 23.5. The van der Waals surface area contributed by atoms with Gasteiger partial charge in [0.25, 0.3) is 0 Å². The van der Waals surface area contributed by atoms with Crippen LogP contribution in [0.1, 0.15) is 24.0 Å². The van der Waals surface area contributed by atoms with Crippen LogP contribution >= 0.6 is 24.0 Å². The van der Waals surface area contributed by atoms with Crippen LogP contribution in [0.2, 0.25) is 0 Å². The monoisotopic (exact) mass is 533 g/mol. The highest BCUT2D eigenvalue weighted by molar-refractivity contribution is 14.0. The topological polar surface area (TPSA) is 54.7 Å². The molecule has 1 heterocycles. The highest BCUT2D eigenvalue weighted by Crippen LogP contribution is 2.28. The number of aromatic nitrogens is 2. The van der Waals surface area contributed by atoms with Crippen LogP contribution in [0, 0.1) is 5.92 Å². The van der Waals surface area contributed by atoms with Crippen LogP contribution in [0.15, 0.2) is 59.9 Å². The normalized spacial score (nSPS) is 13.8. The molecule has 0 aliphatic heterocycles. The number of para-hydroxylation sites is 2. The minimum atomic E-state index is 0. The summed E-state index contributed by atoms with van der Waals surface area (Å²) in [5.41, 5.74) is 4.69. The van der Waals surface area contributed by atoms with Gasteiger partial charge in [-0.2, -0.15) is 0 Å². The molecule has 4 rings (SSSR count). The fourth-order valence-electron chi connectivity index (χ4n) is 3.50. The smallest absolute Gasteiger partial charge is 0.193 e. The maximum atomic E-state index is 5.74. The van der Waals surface area contributed by atoms with Crippen LogP contribution < -0.4 is 5.32 Å². The van der Waals surface area contributed by atoms with E-state index in [9.17, 15) is 0 Å². The van der Waals surface area contributed by atoms with Crippen molar-refractivity contribution in [1.82, 2.24) is 19.8 Å². The number of ether oxygens (including phenoxy) is 1. The van der Waals surface area contributed by atoms with E-state index in [-0.39, 0.29) is 24.0 Å². The Hall–Kier alpha value is -2.13. The predicted octanol–water partition coefficient (Wildman–Crippen LogP) is 4.14. The first-order valence-electron chi connectivity index (χ1n) is 10.7. The van der Waals surface area contributed by atoms with E-state index in [2.05, 4.69) is 61.2 Å². The Bertz CT molecular complexity index is 981. The fraction of sp³-hybridized carbons (Fsp3) is 0.417. The first-order chi connectivity index (χ1) is 14.7. The van der Waals surface area contributed by atoms with E-state index < -0.39 is 0 Å². The van der Waals surface area contributed by atoms with Gasteiger partial charge in [-0.25, -0.2) is 4.98 Å². The van der Waals surface area contributed by atoms with E-state index in [1.165, 1.54) is 24.0 Å². The lowest BCUT2D eigenvalue weighted by Crippen LogP contribution is -2.40. The summed E-state index contributed by atoms with van der Waals surface area (Å²) in [4.78, 5) is 11.0. The molecule has 2 aromatic carbocycles. The third kappa shape index (κ3) is 6.67. The van der Waals surface area contributed by atoms with Gasteiger partial charge in [0.05, 0.1) is 24.0 Å². The average Bonchev–Trinajstić information content (AvgIpc) is 3.52. The van der Waals surface area contributed by atoms with Gasteiger partial charge in [-0.1, -0.05) is 36.4 Å². The van der Waals surface area contributed by atoms with Gasteiger partial charge in [0.1, 0.15) is 0 Å². The Balaban J connectivity index is 0.00000272. The van der Waals surface area contributed by atoms with Gasteiger partial charge < -0.3 is 19.5 Å². The number of halogens is 1. The van der Waals surface area contributed by atoms with Gasteiger partial charge in [0.15, 0.2) is 5.96 Å². The highest BCUT2D eigenvalue weighted by Gasteiger charge is 2.21. The molecule has 1 N–H and O–H groups in total. The van der Waals surface area contributed by atoms with Gasteiger partial charge in [-0.3, -0.25) is 4.99 Å². The number of hydrogen-bond acceptors (Lipinski definition) is 3. The lowest BCUT2D eigenvalue weighted by Gasteiger charge is -2.22. The Morgan fingerprint density at radius 1 is 1.16 bits per heavy atom. The summed E-state index contributed by atoms with van der Waals surface area (Å²) in [6.45, 7) is 4.05. The summed E-state index contributed by atoms with van der Waals surface area (Å²) in [5.74, 6) is 1.70. The molecule has 0 atom stereocenters. The number of rotatable bonds is 9. The van der Waals surface area contributed by atoms with Gasteiger partial charge in [0.2, 0.25) is 0 Å². The molecule has 0 bridgehead atoms. The number of aliphatic imine (C=N–C) groups is 1. The molecule has 1 fully saturated rings. The standard InChI is InChI=1S/C24H31N5O.HI/c1-25-24(28(2)13-14-30-17-21-11-12-21)26-15-19-7-9-20(10-8-19)16-29-18-27-22-5-3-4-6-23(22)29;/h3-10,18,21H,11-17H2,1-2H3,(H,25,26);1H. The van der Waals surface area contributed by atoms with Crippen molar-refractivity contribution in [2.45, 2.75) is 25.9 Å².